The third kappa shape index (κ3) is 4.69. The van der Waals surface area contributed by atoms with E-state index in [-0.39, 0.29) is 17.4 Å². The Hall–Kier alpha value is -1.12. The Morgan fingerprint density at radius 2 is 2.05 bits per heavy atom. The van der Waals surface area contributed by atoms with Crippen molar-refractivity contribution in [3.8, 4) is 5.75 Å². The molecule has 1 atom stereocenters. The Kier molecular flexibility index (Phi) is 6.18. The summed E-state index contributed by atoms with van der Waals surface area (Å²) in [6, 6.07) is 4.33. The Labute approximate surface area is 132 Å². The van der Waals surface area contributed by atoms with Gasteiger partial charge in [-0.2, -0.15) is 0 Å². The monoisotopic (exact) mass is 379 g/mol. The van der Waals surface area contributed by atoms with E-state index < -0.39 is 21.9 Å². The van der Waals surface area contributed by atoms with E-state index in [4.69, 9.17) is 9.84 Å². The summed E-state index contributed by atoms with van der Waals surface area (Å²) < 4.78 is 32.2. The normalized spacial score (nSPS) is 13.2. The summed E-state index contributed by atoms with van der Waals surface area (Å²) in [5.41, 5.74) is 0. The van der Waals surface area contributed by atoms with Crippen molar-refractivity contribution >= 4 is 31.9 Å². The number of methoxy groups -OCH3 is 1. The van der Waals surface area contributed by atoms with Crippen molar-refractivity contribution < 1.29 is 23.1 Å². The molecule has 0 aromatic heterocycles. The number of halogens is 1. The summed E-state index contributed by atoms with van der Waals surface area (Å²) in [4.78, 5) is 11.1. The van der Waals surface area contributed by atoms with Gasteiger partial charge >= 0.3 is 5.97 Å². The number of nitrogens with one attached hydrogen (secondary N) is 1. The molecule has 0 bridgehead atoms. The van der Waals surface area contributed by atoms with E-state index in [1.54, 1.807) is 13.8 Å². The van der Waals surface area contributed by atoms with E-state index in [1.165, 1.54) is 25.3 Å². The van der Waals surface area contributed by atoms with Gasteiger partial charge in [0.2, 0.25) is 10.0 Å². The van der Waals surface area contributed by atoms with Crippen LogP contribution in [0, 0.1) is 11.8 Å². The number of ether oxygens (including phenoxy) is 1. The smallest absolute Gasteiger partial charge is 0.308 e. The molecule has 1 unspecified atom stereocenters. The van der Waals surface area contributed by atoms with Crippen LogP contribution in [0.5, 0.6) is 5.75 Å². The molecule has 8 heteroatoms. The lowest BCUT2D eigenvalue weighted by Crippen LogP contribution is -2.35. The Morgan fingerprint density at radius 1 is 1.43 bits per heavy atom. The van der Waals surface area contributed by atoms with E-state index >= 15 is 0 Å². The third-order valence-corrected chi connectivity index (χ3v) is 5.09. The average Bonchev–Trinajstić information content (AvgIpc) is 2.37. The first-order valence-corrected chi connectivity index (χ1v) is 8.52. The van der Waals surface area contributed by atoms with Crippen LogP contribution in [0.1, 0.15) is 13.8 Å². The van der Waals surface area contributed by atoms with Crippen molar-refractivity contribution in [1.82, 2.24) is 4.72 Å². The maximum atomic E-state index is 12.2. The first-order valence-electron chi connectivity index (χ1n) is 6.25. The minimum absolute atomic E-state index is 0.0445. The van der Waals surface area contributed by atoms with Gasteiger partial charge in [-0.3, -0.25) is 4.79 Å². The molecule has 0 heterocycles. The minimum Gasteiger partial charge on any atom is -0.496 e. The molecule has 1 aromatic carbocycles. The molecule has 118 valence electrons. The van der Waals surface area contributed by atoms with Gasteiger partial charge in [-0.1, -0.05) is 13.8 Å². The zero-order valence-electron chi connectivity index (χ0n) is 12.0. The molecule has 1 rings (SSSR count). The standard InChI is InChI=1S/C13H18BrNO5S/c1-8(2)10(13(16)17)7-15-21(18,19)9-4-5-12(20-3)11(14)6-9/h4-6,8,10,15H,7H2,1-3H3,(H,16,17). The summed E-state index contributed by atoms with van der Waals surface area (Å²) in [6.07, 6.45) is 0. The highest BCUT2D eigenvalue weighted by atomic mass is 79.9. The van der Waals surface area contributed by atoms with Crippen LogP contribution in [0.2, 0.25) is 0 Å². The van der Waals surface area contributed by atoms with Crippen molar-refractivity contribution in [2.45, 2.75) is 18.7 Å². The first kappa shape index (κ1) is 17.9. The predicted molar refractivity (Wildman–Crippen MR) is 81.8 cm³/mol. The fraction of sp³-hybridized carbons (Fsp3) is 0.462. The van der Waals surface area contributed by atoms with Crippen LogP contribution in [0.15, 0.2) is 27.6 Å². The van der Waals surface area contributed by atoms with Gasteiger partial charge in [-0.05, 0) is 40.0 Å². The average molecular weight is 380 g/mol. The quantitative estimate of drug-likeness (QED) is 0.756. The van der Waals surface area contributed by atoms with E-state index in [2.05, 4.69) is 20.7 Å². The third-order valence-electron chi connectivity index (χ3n) is 3.05. The topological polar surface area (TPSA) is 92.7 Å². The second-order valence-corrected chi connectivity index (χ2v) is 7.46. The largest absolute Gasteiger partial charge is 0.496 e. The highest BCUT2D eigenvalue weighted by molar-refractivity contribution is 9.10. The Morgan fingerprint density at radius 3 is 2.48 bits per heavy atom. The molecule has 0 spiro atoms. The number of benzene rings is 1. The van der Waals surface area contributed by atoms with Crippen LogP contribution in [0.25, 0.3) is 0 Å². The predicted octanol–water partition coefficient (Wildman–Crippen LogP) is 2.09. The van der Waals surface area contributed by atoms with Gasteiger partial charge in [0.15, 0.2) is 0 Å². The molecule has 0 fully saturated rings. The number of carbonyl (C=O) groups is 1. The van der Waals surface area contributed by atoms with Crippen molar-refractivity contribution in [3.63, 3.8) is 0 Å². The second-order valence-electron chi connectivity index (χ2n) is 4.84. The number of carboxylic acids is 1. The summed E-state index contributed by atoms with van der Waals surface area (Å²) in [7, 11) is -2.29. The van der Waals surface area contributed by atoms with Gasteiger partial charge in [0, 0.05) is 6.54 Å². The van der Waals surface area contributed by atoms with Crippen LogP contribution in [0.3, 0.4) is 0 Å². The fourth-order valence-corrected chi connectivity index (χ4v) is 3.48. The first-order chi connectivity index (χ1) is 9.69. The molecule has 21 heavy (non-hydrogen) atoms. The lowest BCUT2D eigenvalue weighted by molar-refractivity contribution is -0.142. The number of hydrogen-bond donors (Lipinski definition) is 2. The Bertz CT molecular complexity index is 615. The molecule has 0 saturated carbocycles. The zero-order valence-corrected chi connectivity index (χ0v) is 14.4. The van der Waals surface area contributed by atoms with Crippen LogP contribution in [-0.2, 0) is 14.8 Å². The van der Waals surface area contributed by atoms with Gasteiger partial charge < -0.3 is 9.84 Å². The molecule has 2 N–H and O–H groups in total. The number of aliphatic carboxylic acids is 1. The highest BCUT2D eigenvalue weighted by Gasteiger charge is 2.24. The number of carboxylic acid groups (broad SMARTS) is 1. The molecule has 0 amide bonds. The summed E-state index contributed by atoms with van der Waals surface area (Å²) in [5.74, 6) is -1.46. The van der Waals surface area contributed by atoms with Gasteiger partial charge in [0.25, 0.3) is 0 Å². The molecule has 0 radical (unpaired) electrons. The molecule has 0 saturated heterocycles. The van der Waals surface area contributed by atoms with E-state index in [0.29, 0.717) is 10.2 Å². The number of hydrogen-bond acceptors (Lipinski definition) is 4. The van der Waals surface area contributed by atoms with Crippen molar-refractivity contribution in [2.24, 2.45) is 11.8 Å². The lowest BCUT2D eigenvalue weighted by atomic mass is 9.97. The maximum Gasteiger partial charge on any atom is 0.308 e. The van der Waals surface area contributed by atoms with Gasteiger partial charge in [-0.15, -0.1) is 0 Å². The van der Waals surface area contributed by atoms with E-state index in [9.17, 15) is 13.2 Å². The number of rotatable bonds is 7. The van der Waals surface area contributed by atoms with Crippen LogP contribution < -0.4 is 9.46 Å². The van der Waals surface area contributed by atoms with Gasteiger partial charge in [0.05, 0.1) is 22.4 Å². The number of sulfonamides is 1. The van der Waals surface area contributed by atoms with Crippen LogP contribution >= 0.6 is 15.9 Å². The van der Waals surface area contributed by atoms with E-state index in [0.717, 1.165) is 0 Å². The lowest BCUT2D eigenvalue weighted by Gasteiger charge is -2.17. The Balaban J connectivity index is 2.91. The minimum atomic E-state index is -3.77. The van der Waals surface area contributed by atoms with Crippen molar-refractivity contribution in [1.29, 1.82) is 0 Å². The molecular weight excluding hydrogens is 362 g/mol. The van der Waals surface area contributed by atoms with Gasteiger partial charge in [-0.25, -0.2) is 13.1 Å². The van der Waals surface area contributed by atoms with Crippen LogP contribution in [-0.4, -0.2) is 33.1 Å². The van der Waals surface area contributed by atoms with Gasteiger partial charge in [0.1, 0.15) is 5.75 Å². The summed E-state index contributed by atoms with van der Waals surface area (Å²) >= 11 is 3.21. The van der Waals surface area contributed by atoms with Crippen molar-refractivity contribution in [2.75, 3.05) is 13.7 Å². The second kappa shape index (κ2) is 7.24. The molecule has 1 aromatic rings. The zero-order chi connectivity index (χ0) is 16.2. The maximum absolute atomic E-state index is 12.2. The molecular formula is C13H18BrNO5S. The summed E-state index contributed by atoms with van der Waals surface area (Å²) in [6.45, 7) is 3.31. The molecule has 6 nitrogen and oxygen atoms in total. The SMILES string of the molecule is COc1ccc(S(=O)(=O)NCC(C(=O)O)C(C)C)cc1Br. The molecule has 0 aliphatic carbocycles. The van der Waals surface area contributed by atoms with Crippen molar-refractivity contribution in [3.05, 3.63) is 22.7 Å². The summed E-state index contributed by atoms with van der Waals surface area (Å²) in [5, 5.41) is 9.06. The van der Waals surface area contributed by atoms with Crippen LogP contribution in [0.4, 0.5) is 0 Å². The molecule has 0 aliphatic rings. The fourth-order valence-electron chi connectivity index (χ4n) is 1.71. The van der Waals surface area contributed by atoms with E-state index in [1.807, 2.05) is 0 Å². The molecule has 0 aliphatic heterocycles. The highest BCUT2D eigenvalue weighted by Crippen LogP contribution is 2.27.